The predicted molar refractivity (Wildman–Crippen MR) is 101 cm³/mol. The molecule has 120 valence electrons. The van der Waals surface area contributed by atoms with E-state index >= 15 is 0 Å². The number of rotatable bonds is 4. The van der Waals surface area contributed by atoms with Crippen molar-refractivity contribution in [3.05, 3.63) is 69.8 Å². The number of amides is 2. The molecule has 0 aromatic heterocycles. The molecule has 2 amide bonds. The van der Waals surface area contributed by atoms with Crippen molar-refractivity contribution in [3.63, 3.8) is 0 Å². The van der Waals surface area contributed by atoms with Gasteiger partial charge in [-0.15, -0.1) is 0 Å². The highest BCUT2D eigenvalue weighted by Gasteiger charge is 2.11. The van der Waals surface area contributed by atoms with Crippen molar-refractivity contribution in [1.29, 1.82) is 0 Å². The molecule has 0 saturated heterocycles. The Bertz CT molecular complexity index is 723. The summed E-state index contributed by atoms with van der Waals surface area (Å²) in [6.45, 7) is 6.23. The molecule has 0 heterocycles. The van der Waals surface area contributed by atoms with Crippen molar-refractivity contribution < 1.29 is 4.79 Å². The lowest BCUT2D eigenvalue weighted by atomic mass is 9.98. The van der Waals surface area contributed by atoms with Crippen molar-refractivity contribution in [1.82, 2.24) is 5.32 Å². The minimum Gasteiger partial charge on any atom is -0.314 e. The number of carbonyl (C=O) groups is 1. The number of para-hydroxylation sites is 1. The summed E-state index contributed by atoms with van der Waals surface area (Å²) in [6.07, 6.45) is 3.50. The molecule has 0 aliphatic heterocycles. The predicted octanol–water partition coefficient (Wildman–Crippen LogP) is 5.67. The number of hydrogen-bond acceptors (Lipinski definition) is 1. The molecule has 0 saturated carbocycles. The van der Waals surface area contributed by atoms with Crippen LogP contribution in [-0.2, 0) is 0 Å². The van der Waals surface area contributed by atoms with Crippen molar-refractivity contribution in [2.45, 2.75) is 26.7 Å². The van der Waals surface area contributed by atoms with E-state index in [1.54, 1.807) is 6.20 Å². The molecular formula is C19H21BrN2O. The molecule has 0 radical (unpaired) electrons. The Morgan fingerprint density at radius 1 is 1.17 bits per heavy atom. The van der Waals surface area contributed by atoms with Gasteiger partial charge in [-0.2, -0.15) is 0 Å². The van der Waals surface area contributed by atoms with Gasteiger partial charge in [0.1, 0.15) is 0 Å². The summed E-state index contributed by atoms with van der Waals surface area (Å²) in [5.41, 5.74) is 4.09. The molecule has 0 fully saturated rings. The Balaban J connectivity index is 2.03. The van der Waals surface area contributed by atoms with Crippen molar-refractivity contribution in [3.8, 4) is 0 Å². The van der Waals surface area contributed by atoms with Crippen LogP contribution in [-0.4, -0.2) is 6.03 Å². The van der Waals surface area contributed by atoms with Gasteiger partial charge in [0.15, 0.2) is 0 Å². The largest absolute Gasteiger partial charge is 0.323 e. The molecule has 0 aliphatic rings. The Hall–Kier alpha value is -2.07. The lowest BCUT2D eigenvalue weighted by Gasteiger charge is -2.16. The molecule has 2 N–H and O–H groups in total. The van der Waals surface area contributed by atoms with E-state index < -0.39 is 0 Å². The second-order valence-electron chi connectivity index (χ2n) is 5.68. The highest BCUT2D eigenvalue weighted by atomic mass is 79.9. The maximum Gasteiger partial charge on any atom is 0.323 e. The zero-order valence-corrected chi connectivity index (χ0v) is 15.1. The minimum absolute atomic E-state index is 0.243. The summed E-state index contributed by atoms with van der Waals surface area (Å²) in [7, 11) is 0. The fourth-order valence-corrected chi connectivity index (χ4v) is 2.73. The molecule has 4 heteroatoms. The van der Waals surface area contributed by atoms with Gasteiger partial charge in [0.05, 0.1) is 0 Å². The van der Waals surface area contributed by atoms with E-state index in [9.17, 15) is 4.79 Å². The number of nitrogens with one attached hydrogen (secondary N) is 2. The lowest BCUT2D eigenvalue weighted by molar-refractivity contribution is 0.255. The van der Waals surface area contributed by atoms with Gasteiger partial charge in [-0.3, -0.25) is 0 Å². The van der Waals surface area contributed by atoms with E-state index in [1.165, 1.54) is 0 Å². The lowest BCUT2D eigenvalue weighted by Crippen LogP contribution is -2.25. The van der Waals surface area contributed by atoms with Gasteiger partial charge in [-0.05, 0) is 47.7 Å². The maximum atomic E-state index is 12.1. The fraction of sp³-hybridized carbons (Fsp3) is 0.211. The molecule has 2 aromatic rings. The summed E-state index contributed by atoms with van der Waals surface area (Å²) < 4.78 is 1.01. The summed E-state index contributed by atoms with van der Waals surface area (Å²) >= 11 is 3.42. The number of benzene rings is 2. The molecular weight excluding hydrogens is 352 g/mol. The summed E-state index contributed by atoms with van der Waals surface area (Å²) in [5.74, 6) is 0.349. The average molecular weight is 373 g/mol. The maximum absolute atomic E-state index is 12.1. The Kier molecular flexibility index (Phi) is 5.99. The Morgan fingerprint density at radius 2 is 1.91 bits per heavy atom. The zero-order valence-electron chi connectivity index (χ0n) is 13.6. The fourth-order valence-electron chi connectivity index (χ4n) is 2.32. The second-order valence-corrected chi connectivity index (χ2v) is 6.60. The standard InChI is InChI=1S/C19H21BrN2O/c1-13(2)17-9-4-6-14(3)18(17)22-19(23)21-11-10-15-7-5-8-16(20)12-15/h4-13H,1-3H3,(H2,21,22,23)/b11-10+. The van der Waals surface area contributed by atoms with Crippen LogP contribution in [0.1, 0.15) is 36.5 Å². The van der Waals surface area contributed by atoms with Crippen LogP contribution in [0.15, 0.2) is 53.1 Å². The van der Waals surface area contributed by atoms with Gasteiger partial charge in [0.2, 0.25) is 0 Å². The molecule has 3 nitrogen and oxygen atoms in total. The third kappa shape index (κ3) is 4.96. The average Bonchev–Trinajstić information content (AvgIpc) is 2.49. The molecule has 0 aliphatic carbocycles. The van der Waals surface area contributed by atoms with Gasteiger partial charge in [0, 0.05) is 16.4 Å². The van der Waals surface area contributed by atoms with Crippen LogP contribution in [0.2, 0.25) is 0 Å². The number of carbonyl (C=O) groups excluding carboxylic acids is 1. The summed E-state index contributed by atoms with van der Waals surface area (Å²) in [6, 6.07) is 13.7. The first kappa shape index (κ1) is 17.3. The highest BCUT2D eigenvalue weighted by Crippen LogP contribution is 2.27. The van der Waals surface area contributed by atoms with E-state index in [0.29, 0.717) is 5.92 Å². The van der Waals surface area contributed by atoms with Crippen LogP contribution < -0.4 is 10.6 Å². The number of halogens is 1. The van der Waals surface area contributed by atoms with Crippen LogP contribution in [0.3, 0.4) is 0 Å². The normalized spacial score (nSPS) is 11.0. The van der Waals surface area contributed by atoms with E-state index in [2.05, 4.69) is 40.4 Å². The molecule has 2 aromatic carbocycles. The zero-order chi connectivity index (χ0) is 16.8. The molecule has 0 spiro atoms. The quantitative estimate of drug-likeness (QED) is 0.712. The van der Waals surface area contributed by atoms with Gasteiger partial charge in [0.25, 0.3) is 0 Å². The topological polar surface area (TPSA) is 41.1 Å². The van der Waals surface area contributed by atoms with E-state index in [1.807, 2.05) is 55.5 Å². The smallest absolute Gasteiger partial charge is 0.314 e. The van der Waals surface area contributed by atoms with Crippen LogP contribution in [0.5, 0.6) is 0 Å². The SMILES string of the molecule is Cc1cccc(C(C)C)c1NC(=O)N/C=C/c1cccc(Br)c1. The van der Waals surface area contributed by atoms with Crippen molar-refractivity contribution >= 4 is 33.7 Å². The molecule has 0 bridgehead atoms. The van der Waals surface area contributed by atoms with E-state index in [4.69, 9.17) is 0 Å². The van der Waals surface area contributed by atoms with E-state index in [-0.39, 0.29) is 6.03 Å². The minimum atomic E-state index is -0.243. The number of anilines is 1. The third-order valence-corrected chi connectivity index (χ3v) is 4.00. The molecule has 23 heavy (non-hydrogen) atoms. The van der Waals surface area contributed by atoms with Crippen molar-refractivity contribution in [2.75, 3.05) is 5.32 Å². The van der Waals surface area contributed by atoms with Crippen molar-refractivity contribution in [2.24, 2.45) is 0 Å². The van der Waals surface area contributed by atoms with Gasteiger partial charge >= 0.3 is 6.03 Å². The van der Waals surface area contributed by atoms with Crippen LogP contribution in [0.25, 0.3) is 6.08 Å². The monoisotopic (exact) mass is 372 g/mol. The number of hydrogen-bond donors (Lipinski definition) is 2. The van der Waals surface area contributed by atoms with Gasteiger partial charge in [-0.25, -0.2) is 4.79 Å². The van der Waals surface area contributed by atoms with Gasteiger partial charge < -0.3 is 10.6 Å². The van der Waals surface area contributed by atoms with Crippen LogP contribution >= 0.6 is 15.9 Å². The molecule has 0 atom stereocenters. The highest BCUT2D eigenvalue weighted by molar-refractivity contribution is 9.10. The van der Waals surface area contributed by atoms with Crippen LogP contribution in [0.4, 0.5) is 10.5 Å². The Labute approximate surface area is 145 Å². The molecule has 0 unspecified atom stereocenters. The first-order valence-electron chi connectivity index (χ1n) is 7.56. The third-order valence-electron chi connectivity index (χ3n) is 3.50. The first-order valence-corrected chi connectivity index (χ1v) is 8.36. The first-order chi connectivity index (χ1) is 11.0. The van der Waals surface area contributed by atoms with E-state index in [0.717, 1.165) is 26.9 Å². The summed E-state index contributed by atoms with van der Waals surface area (Å²) in [5, 5.41) is 5.69. The number of aryl methyl sites for hydroxylation is 1. The second kappa shape index (κ2) is 7.97. The van der Waals surface area contributed by atoms with Crippen LogP contribution in [0, 0.1) is 6.92 Å². The molecule has 2 rings (SSSR count). The number of urea groups is 1. The Morgan fingerprint density at radius 3 is 2.61 bits per heavy atom. The summed E-state index contributed by atoms with van der Waals surface area (Å²) in [4.78, 5) is 12.1. The van der Waals surface area contributed by atoms with Gasteiger partial charge in [-0.1, -0.05) is 60.1 Å².